The fraction of sp³-hybridized carbons (Fsp3) is 0.600. The third kappa shape index (κ3) is 2.47. The minimum atomic E-state index is 0.458. The van der Waals surface area contributed by atoms with Gasteiger partial charge in [0.1, 0.15) is 5.75 Å². The average molecular weight is 231 g/mol. The molecule has 0 bridgehead atoms. The van der Waals surface area contributed by atoms with E-state index in [0.717, 1.165) is 24.7 Å². The van der Waals surface area contributed by atoms with Gasteiger partial charge >= 0.3 is 0 Å². The molecule has 0 spiro atoms. The minimum Gasteiger partial charge on any atom is -0.493 e. The van der Waals surface area contributed by atoms with E-state index in [9.17, 15) is 0 Å². The lowest BCUT2D eigenvalue weighted by Crippen LogP contribution is -2.27. The van der Waals surface area contributed by atoms with Gasteiger partial charge in [-0.15, -0.1) is 0 Å². The van der Waals surface area contributed by atoms with Gasteiger partial charge < -0.3 is 10.5 Å². The molecule has 1 aromatic carbocycles. The van der Waals surface area contributed by atoms with Crippen molar-refractivity contribution in [3.05, 3.63) is 29.3 Å². The molecule has 3 rings (SSSR count). The number of nitrogens with two attached hydrogens (primary N) is 1. The zero-order valence-corrected chi connectivity index (χ0v) is 10.3. The summed E-state index contributed by atoms with van der Waals surface area (Å²) in [4.78, 5) is 0. The fourth-order valence-corrected chi connectivity index (χ4v) is 3.09. The van der Waals surface area contributed by atoms with E-state index in [1.54, 1.807) is 0 Å². The van der Waals surface area contributed by atoms with Crippen molar-refractivity contribution >= 4 is 0 Å². The molecule has 92 valence electrons. The normalized spacial score (nSPS) is 27.6. The second kappa shape index (κ2) is 4.69. The smallest absolute Gasteiger partial charge is 0.122 e. The number of fused-ring (bicyclic) bond motifs is 1. The van der Waals surface area contributed by atoms with Crippen LogP contribution in [0.3, 0.4) is 0 Å². The first kappa shape index (κ1) is 11.1. The number of ether oxygens (including phenoxy) is 1. The van der Waals surface area contributed by atoms with Crippen LogP contribution in [0.25, 0.3) is 0 Å². The molecule has 1 aliphatic carbocycles. The molecule has 2 nitrogen and oxygen atoms in total. The van der Waals surface area contributed by atoms with Gasteiger partial charge in [0.2, 0.25) is 0 Å². The Morgan fingerprint density at radius 3 is 2.82 bits per heavy atom. The van der Waals surface area contributed by atoms with E-state index in [1.807, 2.05) is 0 Å². The van der Waals surface area contributed by atoms with Gasteiger partial charge in [-0.05, 0) is 55.2 Å². The van der Waals surface area contributed by atoms with Crippen LogP contribution in [0, 0.1) is 5.92 Å². The first-order valence-corrected chi connectivity index (χ1v) is 6.81. The van der Waals surface area contributed by atoms with Crippen molar-refractivity contribution in [1.29, 1.82) is 0 Å². The van der Waals surface area contributed by atoms with Crippen molar-refractivity contribution in [3.8, 4) is 5.75 Å². The standard InChI is InChI=1S/C15H21NO/c16-14-4-1-11(2-5-14)9-12-3-6-15-13(10-12)7-8-17-15/h3,6,10-11,14H,1-2,4-5,7-9,16H2. The number of hydrogen-bond acceptors (Lipinski definition) is 2. The van der Waals surface area contributed by atoms with E-state index in [2.05, 4.69) is 18.2 Å². The van der Waals surface area contributed by atoms with Crippen LogP contribution in [0.1, 0.15) is 36.8 Å². The van der Waals surface area contributed by atoms with E-state index in [1.165, 1.54) is 43.2 Å². The summed E-state index contributed by atoms with van der Waals surface area (Å²) in [6.07, 6.45) is 7.32. The van der Waals surface area contributed by atoms with Crippen LogP contribution in [-0.2, 0) is 12.8 Å². The summed E-state index contributed by atoms with van der Waals surface area (Å²) in [6.45, 7) is 0.858. The van der Waals surface area contributed by atoms with Crippen molar-refractivity contribution in [2.24, 2.45) is 11.7 Å². The molecular weight excluding hydrogens is 210 g/mol. The first-order valence-electron chi connectivity index (χ1n) is 6.81. The van der Waals surface area contributed by atoms with Gasteiger partial charge in [-0.1, -0.05) is 12.1 Å². The van der Waals surface area contributed by atoms with Crippen LogP contribution in [0.15, 0.2) is 18.2 Å². The Kier molecular flexibility index (Phi) is 3.06. The Morgan fingerprint density at radius 1 is 1.18 bits per heavy atom. The monoisotopic (exact) mass is 231 g/mol. The molecule has 0 aromatic heterocycles. The van der Waals surface area contributed by atoms with E-state index in [0.29, 0.717) is 6.04 Å². The highest BCUT2D eigenvalue weighted by atomic mass is 16.5. The maximum Gasteiger partial charge on any atom is 0.122 e. The van der Waals surface area contributed by atoms with Gasteiger partial charge in [0, 0.05) is 12.5 Å². The third-order valence-corrected chi connectivity index (χ3v) is 4.17. The summed E-state index contributed by atoms with van der Waals surface area (Å²) in [5, 5.41) is 0. The zero-order valence-electron chi connectivity index (χ0n) is 10.3. The Bertz CT molecular complexity index is 394. The van der Waals surface area contributed by atoms with Crippen LogP contribution >= 0.6 is 0 Å². The maximum atomic E-state index is 5.95. The highest BCUT2D eigenvalue weighted by Crippen LogP contribution is 2.30. The molecule has 0 amide bonds. The molecule has 0 unspecified atom stereocenters. The lowest BCUT2D eigenvalue weighted by molar-refractivity contribution is 0.325. The summed E-state index contributed by atoms with van der Waals surface area (Å²) in [5.41, 5.74) is 8.83. The molecule has 2 heteroatoms. The molecule has 1 heterocycles. The van der Waals surface area contributed by atoms with Gasteiger partial charge in [-0.3, -0.25) is 0 Å². The Labute approximate surface area is 103 Å². The van der Waals surface area contributed by atoms with Crippen molar-refractivity contribution in [1.82, 2.24) is 0 Å². The van der Waals surface area contributed by atoms with Gasteiger partial charge in [0.15, 0.2) is 0 Å². The van der Waals surface area contributed by atoms with Crippen molar-refractivity contribution in [2.45, 2.75) is 44.6 Å². The lowest BCUT2D eigenvalue weighted by atomic mass is 9.82. The van der Waals surface area contributed by atoms with Crippen LogP contribution in [0.5, 0.6) is 5.75 Å². The number of hydrogen-bond donors (Lipinski definition) is 1. The predicted octanol–water partition coefficient (Wildman–Crippen LogP) is 2.68. The van der Waals surface area contributed by atoms with Crippen molar-refractivity contribution in [2.75, 3.05) is 6.61 Å². The molecule has 1 fully saturated rings. The molecular formula is C15H21NO. The molecule has 0 saturated heterocycles. The predicted molar refractivity (Wildman–Crippen MR) is 69.3 cm³/mol. The summed E-state index contributed by atoms with van der Waals surface area (Å²) < 4.78 is 5.54. The fourth-order valence-electron chi connectivity index (χ4n) is 3.09. The number of rotatable bonds is 2. The Morgan fingerprint density at radius 2 is 2.00 bits per heavy atom. The topological polar surface area (TPSA) is 35.2 Å². The molecule has 2 aliphatic rings. The minimum absolute atomic E-state index is 0.458. The Hall–Kier alpha value is -1.02. The highest BCUT2D eigenvalue weighted by molar-refractivity contribution is 5.39. The van der Waals surface area contributed by atoms with Crippen molar-refractivity contribution in [3.63, 3.8) is 0 Å². The average Bonchev–Trinajstić information content (AvgIpc) is 2.79. The summed E-state index contributed by atoms with van der Waals surface area (Å²) in [6, 6.07) is 7.18. The van der Waals surface area contributed by atoms with Crippen molar-refractivity contribution < 1.29 is 4.74 Å². The van der Waals surface area contributed by atoms with Gasteiger partial charge in [-0.2, -0.15) is 0 Å². The van der Waals surface area contributed by atoms with Gasteiger partial charge in [-0.25, -0.2) is 0 Å². The van der Waals surface area contributed by atoms with Gasteiger partial charge in [0.25, 0.3) is 0 Å². The van der Waals surface area contributed by atoms with E-state index in [4.69, 9.17) is 10.5 Å². The van der Waals surface area contributed by atoms with E-state index < -0.39 is 0 Å². The second-order valence-corrected chi connectivity index (χ2v) is 5.53. The summed E-state index contributed by atoms with van der Waals surface area (Å²) >= 11 is 0. The molecule has 1 aromatic rings. The molecule has 0 radical (unpaired) electrons. The van der Waals surface area contributed by atoms with E-state index >= 15 is 0 Å². The zero-order chi connectivity index (χ0) is 11.7. The summed E-state index contributed by atoms with van der Waals surface area (Å²) in [5.74, 6) is 1.94. The van der Waals surface area contributed by atoms with Crippen LogP contribution in [0.2, 0.25) is 0 Å². The Balaban J connectivity index is 1.65. The molecule has 2 N–H and O–H groups in total. The highest BCUT2D eigenvalue weighted by Gasteiger charge is 2.19. The molecule has 0 atom stereocenters. The van der Waals surface area contributed by atoms with Crippen LogP contribution in [-0.4, -0.2) is 12.6 Å². The second-order valence-electron chi connectivity index (χ2n) is 5.53. The summed E-state index contributed by atoms with van der Waals surface area (Å²) in [7, 11) is 0. The molecule has 1 saturated carbocycles. The molecule has 17 heavy (non-hydrogen) atoms. The van der Waals surface area contributed by atoms with E-state index in [-0.39, 0.29) is 0 Å². The lowest BCUT2D eigenvalue weighted by Gasteiger charge is -2.26. The van der Waals surface area contributed by atoms with Gasteiger partial charge in [0.05, 0.1) is 6.61 Å². The number of benzene rings is 1. The quantitative estimate of drug-likeness (QED) is 0.849. The largest absolute Gasteiger partial charge is 0.493 e. The first-order chi connectivity index (χ1) is 8.31. The third-order valence-electron chi connectivity index (χ3n) is 4.17. The SMILES string of the molecule is NC1CCC(Cc2ccc3c(c2)CCO3)CC1. The van der Waals surface area contributed by atoms with Crippen LogP contribution < -0.4 is 10.5 Å². The van der Waals surface area contributed by atoms with Crippen LogP contribution in [0.4, 0.5) is 0 Å². The maximum absolute atomic E-state index is 5.95. The molecule has 1 aliphatic heterocycles.